The summed E-state index contributed by atoms with van der Waals surface area (Å²) < 4.78 is 2.65. The Hall–Kier alpha value is -2.12. The summed E-state index contributed by atoms with van der Waals surface area (Å²) in [5.74, 6) is 1.06. The fourth-order valence-corrected chi connectivity index (χ4v) is 5.43. The van der Waals surface area contributed by atoms with Gasteiger partial charge in [0.05, 0.1) is 4.21 Å². The van der Waals surface area contributed by atoms with E-state index in [0.29, 0.717) is 17.1 Å². The quantitative estimate of drug-likeness (QED) is 0.426. The molecule has 0 unspecified atom stereocenters. The topological polar surface area (TPSA) is 64.0 Å². The molecule has 148 valence electrons. The van der Waals surface area contributed by atoms with Gasteiger partial charge in [-0.3, -0.25) is 9.36 Å². The van der Waals surface area contributed by atoms with Gasteiger partial charge in [-0.15, -0.1) is 23.1 Å². The van der Waals surface area contributed by atoms with E-state index in [4.69, 9.17) is 0 Å². The lowest BCUT2D eigenvalue weighted by Crippen LogP contribution is -2.17. The lowest BCUT2D eigenvalue weighted by molar-refractivity contribution is 0.102. The third kappa shape index (κ3) is 4.31. The summed E-state index contributed by atoms with van der Waals surface area (Å²) in [6.45, 7) is 8.09. The van der Waals surface area contributed by atoms with Crippen LogP contribution in [-0.4, -0.2) is 21.2 Å². The first-order valence-electron chi connectivity index (χ1n) is 9.46. The normalized spacial score (nSPS) is 11.1. The molecule has 28 heavy (non-hydrogen) atoms. The number of benzene rings is 1. The number of imidazole rings is 1. The van der Waals surface area contributed by atoms with Crippen LogP contribution < -0.4 is 11.0 Å². The number of anilines is 1. The number of aryl methyl sites for hydroxylation is 2. The Kier molecular flexibility index (Phi) is 6.57. The van der Waals surface area contributed by atoms with Gasteiger partial charge >= 0.3 is 5.69 Å². The van der Waals surface area contributed by atoms with E-state index < -0.39 is 0 Å². The predicted molar refractivity (Wildman–Crippen MR) is 118 cm³/mol. The van der Waals surface area contributed by atoms with Crippen LogP contribution in [0.1, 0.15) is 52.7 Å². The first kappa shape index (κ1) is 20.6. The van der Waals surface area contributed by atoms with Gasteiger partial charge in [0.15, 0.2) is 5.82 Å². The second-order valence-electron chi connectivity index (χ2n) is 6.83. The van der Waals surface area contributed by atoms with E-state index in [1.807, 2.05) is 32.9 Å². The standard InChI is InChI=1S/C21H25N3O2S2/c1-5-6-7-12-27-20-17-18(22-19(25)16-10-8-13(2)9-11-16)23-21(26)24(17)14(3)15(4)28-20/h8-11H,5-7,12H2,1-4H3,(H,22,23,25,26). The number of hydrogen-bond acceptors (Lipinski definition) is 5. The molecule has 1 aromatic carbocycles. The second kappa shape index (κ2) is 8.92. The Labute approximate surface area is 173 Å². The zero-order valence-electron chi connectivity index (χ0n) is 16.7. The molecule has 0 bridgehead atoms. The van der Waals surface area contributed by atoms with Crippen molar-refractivity contribution in [1.29, 1.82) is 0 Å². The van der Waals surface area contributed by atoms with Crippen molar-refractivity contribution in [2.75, 3.05) is 11.1 Å². The number of hydrogen-bond donors (Lipinski definition) is 1. The van der Waals surface area contributed by atoms with E-state index >= 15 is 0 Å². The average Bonchev–Trinajstić information content (AvgIpc) is 2.99. The number of nitrogens with one attached hydrogen (secondary N) is 1. The molecule has 0 spiro atoms. The summed E-state index contributed by atoms with van der Waals surface area (Å²) in [5.41, 5.74) is 2.86. The molecule has 2 heterocycles. The van der Waals surface area contributed by atoms with Crippen LogP contribution in [0.15, 0.2) is 33.3 Å². The first-order chi connectivity index (χ1) is 13.4. The third-order valence-electron chi connectivity index (χ3n) is 4.66. The zero-order chi connectivity index (χ0) is 20.3. The van der Waals surface area contributed by atoms with Crippen LogP contribution in [0.4, 0.5) is 5.82 Å². The van der Waals surface area contributed by atoms with Crippen molar-refractivity contribution in [2.45, 2.75) is 51.2 Å². The Morgan fingerprint density at radius 2 is 1.89 bits per heavy atom. The largest absolute Gasteiger partial charge is 0.354 e. The van der Waals surface area contributed by atoms with E-state index in [0.717, 1.165) is 32.5 Å². The molecule has 0 atom stereocenters. The van der Waals surface area contributed by atoms with Crippen LogP contribution in [0.3, 0.4) is 0 Å². The van der Waals surface area contributed by atoms with Crippen molar-refractivity contribution >= 4 is 34.8 Å². The van der Waals surface area contributed by atoms with Crippen LogP contribution in [-0.2, 0) is 0 Å². The van der Waals surface area contributed by atoms with Gasteiger partial charge in [-0.2, -0.15) is 4.98 Å². The maximum absolute atomic E-state index is 12.7. The number of thioether (sulfide) groups is 1. The highest BCUT2D eigenvalue weighted by Crippen LogP contribution is 2.38. The van der Waals surface area contributed by atoms with Crippen LogP contribution >= 0.6 is 23.1 Å². The number of amides is 1. The zero-order valence-corrected chi connectivity index (χ0v) is 18.3. The molecule has 1 aromatic rings. The molecule has 0 aromatic heterocycles. The molecule has 1 amide bonds. The molecule has 0 aliphatic carbocycles. The van der Waals surface area contributed by atoms with E-state index in [1.54, 1.807) is 39.8 Å². The summed E-state index contributed by atoms with van der Waals surface area (Å²) in [5, 5.41) is 2.85. The number of carbonyl (C=O) groups excluding carboxylic acids is 1. The van der Waals surface area contributed by atoms with Gasteiger partial charge in [0, 0.05) is 16.1 Å². The van der Waals surface area contributed by atoms with E-state index in [-0.39, 0.29) is 11.6 Å². The Morgan fingerprint density at radius 3 is 2.57 bits per heavy atom. The fraction of sp³-hybridized carbons (Fsp3) is 0.381. The average molecular weight is 416 g/mol. The maximum Gasteiger partial charge on any atom is 0.354 e. The monoisotopic (exact) mass is 415 g/mol. The molecule has 0 saturated carbocycles. The maximum atomic E-state index is 12.7. The molecular formula is C21H25N3O2S2. The summed E-state index contributed by atoms with van der Waals surface area (Å²) >= 11 is 3.39. The highest BCUT2D eigenvalue weighted by atomic mass is 32.2. The molecule has 2 aliphatic rings. The van der Waals surface area contributed by atoms with Crippen molar-refractivity contribution in [2.24, 2.45) is 0 Å². The number of carbonyl (C=O) groups is 1. The lowest BCUT2D eigenvalue weighted by atomic mass is 10.1. The number of nitrogens with zero attached hydrogens (tertiary/aromatic N) is 2. The number of aromatic nitrogens is 2. The molecule has 3 rings (SSSR count). The Balaban J connectivity index is 1.96. The van der Waals surface area contributed by atoms with Gasteiger partial charge < -0.3 is 5.32 Å². The second-order valence-corrected chi connectivity index (χ2v) is 9.42. The third-order valence-corrected chi connectivity index (χ3v) is 7.19. The van der Waals surface area contributed by atoms with Crippen molar-refractivity contribution in [3.05, 3.63) is 56.4 Å². The van der Waals surface area contributed by atoms with Gasteiger partial charge in [0.2, 0.25) is 0 Å². The minimum absolute atomic E-state index is 0.259. The molecule has 7 heteroatoms. The molecule has 0 fully saturated rings. The molecule has 0 saturated heterocycles. The van der Waals surface area contributed by atoms with Crippen molar-refractivity contribution in [3.63, 3.8) is 0 Å². The van der Waals surface area contributed by atoms with Crippen molar-refractivity contribution < 1.29 is 4.79 Å². The van der Waals surface area contributed by atoms with Crippen LogP contribution in [0.2, 0.25) is 0 Å². The van der Waals surface area contributed by atoms with E-state index in [1.165, 1.54) is 12.8 Å². The van der Waals surface area contributed by atoms with Gasteiger partial charge in [0.25, 0.3) is 5.91 Å². The molecule has 1 N–H and O–H groups in total. The molecule has 2 aliphatic heterocycles. The summed E-state index contributed by atoms with van der Waals surface area (Å²) in [6, 6.07) is 7.34. The molecular weight excluding hydrogens is 390 g/mol. The number of unbranched alkanes of at least 4 members (excludes halogenated alkanes) is 2. The minimum Gasteiger partial charge on any atom is -0.305 e. The lowest BCUT2D eigenvalue weighted by Gasteiger charge is -2.15. The summed E-state index contributed by atoms with van der Waals surface area (Å²) in [4.78, 5) is 30.5. The highest BCUT2D eigenvalue weighted by molar-refractivity contribution is 8.01. The van der Waals surface area contributed by atoms with Gasteiger partial charge in [-0.25, -0.2) is 4.79 Å². The number of fused-ring (bicyclic) bond motifs is 1. The van der Waals surface area contributed by atoms with Crippen molar-refractivity contribution in [1.82, 2.24) is 9.55 Å². The van der Waals surface area contributed by atoms with E-state index in [2.05, 4.69) is 17.2 Å². The van der Waals surface area contributed by atoms with Crippen LogP contribution in [0.25, 0.3) is 5.69 Å². The van der Waals surface area contributed by atoms with Gasteiger partial charge in [-0.1, -0.05) is 37.5 Å². The fourth-order valence-electron chi connectivity index (χ4n) is 2.90. The van der Waals surface area contributed by atoms with Crippen LogP contribution in [0, 0.1) is 20.8 Å². The molecule has 0 radical (unpaired) electrons. The Morgan fingerprint density at radius 1 is 1.18 bits per heavy atom. The van der Waals surface area contributed by atoms with Crippen molar-refractivity contribution in [3.8, 4) is 5.69 Å². The van der Waals surface area contributed by atoms with Gasteiger partial charge in [-0.05, 0) is 45.1 Å². The van der Waals surface area contributed by atoms with E-state index in [9.17, 15) is 9.59 Å². The smallest absolute Gasteiger partial charge is 0.305 e. The van der Waals surface area contributed by atoms with Crippen LogP contribution in [0.5, 0.6) is 0 Å². The molecule has 5 nitrogen and oxygen atoms in total. The first-order valence-corrected chi connectivity index (χ1v) is 11.3. The minimum atomic E-state index is -0.349. The van der Waals surface area contributed by atoms with Gasteiger partial charge in [0.1, 0.15) is 5.69 Å². The summed E-state index contributed by atoms with van der Waals surface area (Å²) in [7, 11) is 0. The highest BCUT2D eigenvalue weighted by Gasteiger charge is 2.24. The predicted octanol–water partition coefficient (Wildman–Crippen LogP) is 5.19. The Bertz CT molecular complexity index is 1010. The number of rotatable bonds is 7. The SMILES string of the molecule is CCCCCSc1sc(C)c(C)n2c(=O)nc(NC(=O)c3ccc(C)cc3)c1-2. The summed E-state index contributed by atoms with van der Waals surface area (Å²) in [6.07, 6.45) is 3.47.